The Labute approximate surface area is 181 Å². The first-order valence-corrected chi connectivity index (χ1v) is 10.6. The molecule has 31 heavy (non-hydrogen) atoms. The summed E-state index contributed by atoms with van der Waals surface area (Å²) in [7, 11) is 0. The Kier molecular flexibility index (Phi) is 4.00. The Morgan fingerprint density at radius 3 is 1.55 bits per heavy atom. The van der Waals surface area contributed by atoms with Gasteiger partial charge in [-0.25, -0.2) is 0 Å². The number of rotatable bonds is 2. The van der Waals surface area contributed by atoms with Gasteiger partial charge in [0.1, 0.15) is 0 Å². The van der Waals surface area contributed by atoms with Gasteiger partial charge in [0.25, 0.3) is 0 Å². The zero-order chi connectivity index (χ0) is 20.8. The van der Waals surface area contributed by atoms with Gasteiger partial charge in [-0.3, -0.25) is 0 Å². The highest BCUT2D eigenvalue weighted by Crippen LogP contribution is 2.44. The van der Waals surface area contributed by atoms with Crippen LogP contribution >= 0.6 is 0 Å². The smallest absolute Gasteiger partial charge is 0.0480 e. The molecule has 1 nitrogen and oxygen atoms in total. The lowest BCUT2D eigenvalue weighted by Crippen LogP contribution is -1.97. The van der Waals surface area contributed by atoms with Crippen molar-refractivity contribution in [1.82, 2.24) is 0 Å². The fraction of sp³-hybridized carbons (Fsp3) is 0. The van der Waals surface area contributed by atoms with Crippen molar-refractivity contribution < 1.29 is 0 Å². The number of fused-ring (bicyclic) bond motifs is 3. The van der Waals surface area contributed by atoms with Crippen molar-refractivity contribution in [2.24, 2.45) is 0 Å². The Morgan fingerprint density at radius 2 is 0.871 bits per heavy atom. The monoisotopic (exact) mass is 395 g/mol. The highest BCUT2D eigenvalue weighted by atomic mass is 14.6. The molecule has 0 saturated heterocycles. The summed E-state index contributed by atoms with van der Waals surface area (Å²) in [6.07, 6.45) is 0. The lowest BCUT2D eigenvalue weighted by molar-refractivity contribution is 1.64. The molecule has 0 aliphatic carbocycles. The number of hydrogen-bond acceptors (Lipinski definition) is 1. The number of anilines is 1. The zero-order valence-corrected chi connectivity index (χ0v) is 17.0. The third-order valence-electron chi connectivity index (χ3n) is 6.23. The molecule has 0 bridgehead atoms. The van der Waals surface area contributed by atoms with E-state index in [-0.39, 0.29) is 0 Å². The summed E-state index contributed by atoms with van der Waals surface area (Å²) in [5.41, 5.74) is 12.4. The average Bonchev–Trinajstić information content (AvgIpc) is 2.83. The summed E-state index contributed by atoms with van der Waals surface area (Å²) in [5, 5.41) is 7.26. The Balaban J connectivity index is 1.76. The van der Waals surface area contributed by atoms with Crippen LogP contribution in [0.4, 0.5) is 5.69 Å². The van der Waals surface area contributed by atoms with E-state index in [9.17, 15) is 0 Å². The molecule has 6 aromatic rings. The summed E-state index contributed by atoms with van der Waals surface area (Å²) in [4.78, 5) is 0. The molecular formula is C30H21N. The van der Waals surface area contributed by atoms with Crippen LogP contribution in [0.1, 0.15) is 0 Å². The van der Waals surface area contributed by atoms with Gasteiger partial charge in [0, 0.05) is 16.8 Å². The van der Waals surface area contributed by atoms with Gasteiger partial charge in [0.2, 0.25) is 0 Å². The quantitative estimate of drug-likeness (QED) is 0.295. The van der Waals surface area contributed by atoms with Gasteiger partial charge in [0.15, 0.2) is 0 Å². The highest BCUT2D eigenvalue weighted by Gasteiger charge is 2.17. The van der Waals surface area contributed by atoms with Crippen molar-refractivity contribution in [3.63, 3.8) is 0 Å². The van der Waals surface area contributed by atoms with Crippen LogP contribution in [0.25, 0.3) is 54.6 Å². The van der Waals surface area contributed by atoms with Crippen LogP contribution in [0.3, 0.4) is 0 Å². The fourth-order valence-electron chi connectivity index (χ4n) is 4.78. The molecule has 6 rings (SSSR count). The van der Waals surface area contributed by atoms with Crippen LogP contribution in [0.5, 0.6) is 0 Å². The fourth-order valence-corrected chi connectivity index (χ4v) is 4.78. The molecule has 0 unspecified atom stereocenters. The van der Waals surface area contributed by atoms with E-state index < -0.39 is 0 Å². The Bertz CT molecular complexity index is 1580. The topological polar surface area (TPSA) is 26.0 Å². The van der Waals surface area contributed by atoms with Crippen LogP contribution in [-0.2, 0) is 0 Å². The molecular weight excluding hydrogens is 374 g/mol. The number of nitrogens with two attached hydrogens (primary N) is 1. The maximum absolute atomic E-state index is 7.00. The minimum Gasteiger partial charge on any atom is -0.398 e. The summed E-state index contributed by atoms with van der Waals surface area (Å²) >= 11 is 0. The minimum atomic E-state index is 0.825. The second kappa shape index (κ2) is 7.00. The molecule has 0 saturated carbocycles. The van der Waals surface area contributed by atoms with E-state index in [4.69, 9.17) is 5.73 Å². The predicted molar refractivity (Wildman–Crippen MR) is 134 cm³/mol. The largest absolute Gasteiger partial charge is 0.398 e. The van der Waals surface area contributed by atoms with Crippen molar-refractivity contribution in [3.8, 4) is 22.3 Å². The third kappa shape index (κ3) is 2.78. The molecule has 0 amide bonds. The summed E-state index contributed by atoms with van der Waals surface area (Å²) in [6.45, 7) is 0. The Hall–Kier alpha value is -4.10. The molecule has 0 aliphatic heterocycles. The molecule has 2 N–H and O–H groups in total. The SMILES string of the molecule is Nc1c(-c2cccc3ccccc23)cc2ccccc2c1-c1cccc2ccccc12. The van der Waals surface area contributed by atoms with Crippen molar-refractivity contribution in [2.75, 3.05) is 5.73 Å². The lowest BCUT2D eigenvalue weighted by Gasteiger charge is -2.18. The molecule has 0 atom stereocenters. The molecule has 146 valence electrons. The molecule has 0 aliphatic rings. The molecule has 0 heterocycles. The summed E-state index contributed by atoms with van der Waals surface area (Å²) in [5.74, 6) is 0. The third-order valence-corrected chi connectivity index (χ3v) is 6.23. The molecule has 0 aromatic heterocycles. The average molecular weight is 396 g/mol. The van der Waals surface area contributed by atoms with Crippen LogP contribution in [0.2, 0.25) is 0 Å². The first-order valence-electron chi connectivity index (χ1n) is 10.6. The van der Waals surface area contributed by atoms with Crippen molar-refractivity contribution in [3.05, 3.63) is 115 Å². The molecule has 0 spiro atoms. The maximum atomic E-state index is 7.00. The summed E-state index contributed by atoms with van der Waals surface area (Å²) in [6, 6.07) is 40.7. The van der Waals surface area contributed by atoms with E-state index in [0.29, 0.717) is 0 Å². The summed E-state index contributed by atoms with van der Waals surface area (Å²) < 4.78 is 0. The highest BCUT2D eigenvalue weighted by molar-refractivity contribution is 6.14. The van der Waals surface area contributed by atoms with Gasteiger partial charge < -0.3 is 5.73 Å². The van der Waals surface area contributed by atoms with E-state index in [1.54, 1.807) is 0 Å². The van der Waals surface area contributed by atoms with Crippen LogP contribution in [-0.4, -0.2) is 0 Å². The predicted octanol–water partition coefficient (Wildman–Crippen LogP) is 8.06. The number of nitrogen functional groups attached to an aromatic ring is 1. The van der Waals surface area contributed by atoms with Crippen molar-refractivity contribution in [1.29, 1.82) is 0 Å². The Morgan fingerprint density at radius 1 is 0.387 bits per heavy atom. The minimum absolute atomic E-state index is 0.825. The number of benzene rings is 6. The second-order valence-electron chi connectivity index (χ2n) is 7.99. The van der Waals surface area contributed by atoms with E-state index in [0.717, 1.165) is 16.8 Å². The van der Waals surface area contributed by atoms with Crippen LogP contribution < -0.4 is 5.73 Å². The van der Waals surface area contributed by atoms with Crippen LogP contribution in [0, 0.1) is 0 Å². The van der Waals surface area contributed by atoms with Gasteiger partial charge in [-0.2, -0.15) is 0 Å². The molecule has 6 aromatic carbocycles. The van der Waals surface area contributed by atoms with Gasteiger partial charge in [-0.15, -0.1) is 0 Å². The number of hydrogen-bond donors (Lipinski definition) is 1. The zero-order valence-electron chi connectivity index (χ0n) is 17.0. The van der Waals surface area contributed by atoms with Crippen LogP contribution in [0.15, 0.2) is 115 Å². The van der Waals surface area contributed by atoms with Gasteiger partial charge in [0.05, 0.1) is 0 Å². The van der Waals surface area contributed by atoms with Crippen molar-refractivity contribution in [2.45, 2.75) is 0 Å². The van der Waals surface area contributed by atoms with E-state index in [1.165, 1.54) is 43.4 Å². The van der Waals surface area contributed by atoms with E-state index in [1.807, 2.05) is 0 Å². The lowest BCUT2D eigenvalue weighted by atomic mass is 9.87. The van der Waals surface area contributed by atoms with Gasteiger partial charge in [-0.1, -0.05) is 109 Å². The van der Waals surface area contributed by atoms with E-state index >= 15 is 0 Å². The normalized spacial score (nSPS) is 11.4. The molecule has 0 fully saturated rings. The van der Waals surface area contributed by atoms with Gasteiger partial charge in [-0.05, 0) is 49.5 Å². The first kappa shape index (κ1) is 17.7. The second-order valence-corrected chi connectivity index (χ2v) is 7.99. The standard InChI is InChI=1S/C30H21N/c31-30-28(26-17-7-12-20-9-1-4-14-23(20)26)19-22-11-3-6-16-25(22)29(30)27-18-8-13-21-10-2-5-15-24(21)27/h1-19H,31H2. The van der Waals surface area contributed by atoms with E-state index in [2.05, 4.69) is 115 Å². The van der Waals surface area contributed by atoms with Gasteiger partial charge >= 0.3 is 0 Å². The molecule has 1 heteroatoms. The maximum Gasteiger partial charge on any atom is 0.0480 e. The van der Waals surface area contributed by atoms with Crippen molar-refractivity contribution >= 4 is 38.0 Å². The first-order chi connectivity index (χ1) is 15.3. The molecule has 0 radical (unpaired) electrons.